The topological polar surface area (TPSA) is 39.7 Å². The average molecular weight is 281 g/mol. The molecule has 0 heterocycles. The fraction of sp³-hybridized carbons (Fsp3) is 0.625. The van der Waals surface area contributed by atoms with Gasteiger partial charge in [-0.05, 0) is 31.8 Å². The Labute approximate surface area is 122 Å². The minimum atomic E-state index is 0.704. The van der Waals surface area contributed by atoms with Crippen molar-refractivity contribution in [1.29, 1.82) is 0 Å². The van der Waals surface area contributed by atoms with Gasteiger partial charge < -0.3 is 19.5 Å². The van der Waals surface area contributed by atoms with Gasteiger partial charge in [-0.25, -0.2) is 0 Å². The van der Waals surface area contributed by atoms with Crippen molar-refractivity contribution in [1.82, 2.24) is 5.32 Å². The third-order valence-corrected chi connectivity index (χ3v) is 2.89. The number of hydrogen-bond acceptors (Lipinski definition) is 4. The molecule has 1 rings (SSSR count). The van der Waals surface area contributed by atoms with Crippen molar-refractivity contribution >= 4 is 0 Å². The predicted molar refractivity (Wildman–Crippen MR) is 82.0 cm³/mol. The van der Waals surface area contributed by atoms with E-state index in [9.17, 15) is 0 Å². The van der Waals surface area contributed by atoms with Gasteiger partial charge in [-0.2, -0.15) is 0 Å². The molecule has 0 aliphatic rings. The standard InChI is InChI=1S/C16H27NO3/c1-13(2)12-17-7-5-6-8-20-16-10-14(18-3)9-15(11-16)19-4/h9-11,13,17H,5-8,12H2,1-4H3. The largest absolute Gasteiger partial charge is 0.496 e. The molecule has 20 heavy (non-hydrogen) atoms. The molecule has 1 aromatic carbocycles. The van der Waals surface area contributed by atoms with Crippen LogP contribution in [0, 0.1) is 5.92 Å². The molecular formula is C16H27NO3. The van der Waals surface area contributed by atoms with Crippen LogP contribution in [0.15, 0.2) is 18.2 Å². The molecule has 4 heteroatoms. The van der Waals surface area contributed by atoms with Gasteiger partial charge in [-0.1, -0.05) is 13.8 Å². The third-order valence-electron chi connectivity index (χ3n) is 2.89. The van der Waals surface area contributed by atoms with E-state index in [1.54, 1.807) is 14.2 Å². The summed E-state index contributed by atoms with van der Waals surface area (Å²) in [7, 11) is 3.28. The van der Waals surface area contributed by atoms with Crippen LogP contribution in [0.25, 0.3) is 0 Å². The Bertz CT molecular complexity index is 358. The maximum atomic E-state index is 5.73. The number of methoxy groups -OCH3 is 2. The highest BCUT2D eigenvalue weighted by Gasteiger charge is 2.02. The summed E-state index contributed by atoms with van der Waals surface area (Å²) in [5.74, 6) is 2.99. The van der Waals surface area contributed by atoms with Gasteiger partial charge in [0.2, 0.25) is 0 Å². The second-order valence-corrected chi connectivity index (χ2v) is 5.20. The summed E-state index contributed by atoms with van der Waals surface area (Å²) in [6, 6.07) is 5.59. The maximum absolute atomic E-state index is 5.73. The number of unbranched alkanes of at least 4 members (excludes halogenated alkanes) is 1. The molecule has 0 saturated heterocycles. The fourth-order valence-corrected chi connectivity index (χ4v) is 1.80. The van der Waals surface area contributed by atoms with Crippen LogP contribution in [0.5, 0.6) is 17.2 Å². The van der Waals surface area contributed by atoms with Crippen molar-refractivity contribution in [2.24, 2.45) is 5.92 Å². The van der Waals surface area contributed by atoms with E-state index in [1.807, 2.05) is 18.2 Å². The van der Waals surface area contributed by atoms with Crippen LogP contribution in [0.2, 0.25) is 0 Å². The first kappa shape index (κ1) is 16.6. The van der Waals surface area contributed by atoms with Crippen LogP contribution < -0.4 is 19.5 Å². The second-order valence-electron chi connectivity index (χ2n) is 5.20. The summed E-state index contributed by atoms with van der Waals surface area (Å²) >= 11 is 0. The molecule has 0 unspecified atom stereocenters. The molecule has 0 spiro atoms. The summed E-state index contributed by atoms with van der Waals surface area (Å²) in [6.07, 6.45) is 2.15. The monoisotopic (exact) mass is 281 g/mol. The van der Waals surface area contributed by atoms with E-state index < -0.39 is 0 Å². The first-order valence-electron chi connectivity index (χ1n) is 7.22. The number of ether oxygens (including phenoxy) is 3. The zero-order chi connectivity index (χ0) is 14.8. The summed E-state index contributed by atoms with van der Waals surface area (Å²) in [6.45, 7) is 7.26. The first-order valence-corrected chi connectivity index (χ1v) is 7.22. The molecule has 0 radical (unpaired) electrons. The van der Waals surface area contributed by atoms with Crippen LogP contribution in [-0.2, 0) is 0 Å². The van der Waals surface area contributed by atoms with Crippen LogP contribution in [0.1, 0.15) is 26.7 Å². The van der Waals surface area contributed by atoms with Crippen LogP contribution >= 0.6 is 0 Å². The third kappa shape index (κ3) is 6.66. The Kier molecular flexibility index (Phi) is 7.88. The predicted octanol–water partition coefficient (Wildman–Crippen LogP) is 3.11. The highest BCUT2D eigenvalue weighted by Crippen LogP contribution is 2.27. The van der Waals surface area contributed by atoms with Crippen molar-refractivity contribution in [2.75, 3.05) is 33.9 Å². The lowest BCUT2D eigenvalue weighted by atomic mass is 10.2. The van der Waals surface area contributed by atoms with Gasteiger partial charge in [0, 0.05) is 18.2 Å². The van der Waals surface area contributed by atoms with Gasteiger partial charge in [0.1, 0.15) is 17.2 Å². The Morgan fingerprint density at radius 2 is 1.55 bits per heavy atom. The van der Waals surface area contributed by atoms with Gasteiger partial charge in [-0.3, -0.25) is 0 Å². The highest BCUT2D eigenvalue weighted by molar-refractivity contribution is 5.41. The van der Waals surface area contributed by atoms with Crippen molar-refractivity contribution < 1.29 is 14.2 Å². The van der Waals surface area contributed by atoms with Crippen LogP contribution in [0.3, 0.4) is 0 Å². The maximum Gasteiger partial charge on any atom is 0.126 e. The SMILES string of the molecule is COc1cc(OC)cc(OCCCCNCC(C)C)c1. The number of nitrogens with one attached hydrogen (secondary N) is 1. The zero-order valence-electron chi connectivity index (χ0n) is 13.1. The lowest BCUT2D eigenvalue weighted by Gasteiger charge is -2.10. The van der Waals surface area contributed by atoms with E-state index in [2.05, 4.69) is 19.2 Å². The lowest BCUT2D eigenvalue weighted by Crippen LogP contribution is -2.21. The molecule has 0 aliphatic heterocycles. The molecule has 0 aliphatic carbocycles. The molecule has 1 aromatic rings. The fourth-order valence-electron chi connectivity index (χ4n) is 1.80. The Morgan fingerprint density at radius 1 is 0.950 bits per heavy atom. The molecule has 0 fully saturated rings. The van der Waals surface area contributed by atoms with E-state index in [-0.39, 0.29) is 0 Å². The number of hydrogen-bond donors (Lipinski definition) is 1. The van der Waals surface area contributed by atoms with Gasteiger partial charge in [0.15, 0.2) is 0 Å². The Morgan fingerprint density at radius 3 is 2.10 bits per heavy atom. The quantitative estimate of drug-likeness (QED) is 0.669. The summed E-state index contributed by atoms with van der Waals surface area (Å²) in [5.41, 5.74) is 0. The van der Waals surface area contributed by atoms with Crippen molar-refractivity contribution in [3.63, 3.8) is 0 Å². The minimum Gasteiger partial charge on any atom is -0.496 e. The van der Waals surface area contributed by atoms with E-state index in [0.29, 0.717) is 12.5 Å². The van der Waals surface area contributed by atoms with Crippen molar-refractivity contribution in [2.45, 2.75) is 26.7 Å². The molecule has 1 N–H and O–H groups in total. The van der Waals surface area contributed by atoms with E-state index in [1.165, 1.54) is 0 Å². The molecular weight excluding hydrogens is 254 g/mol. The Balaban J connectivity index is 2.24. The molecule has 0 saturated carbocycles. The van der Waals surface area contributed by atoms with Gasteiger partial charge in [0.05, 0.1) is 20.8 Å². The molecule has 0 amide bonds. The van der Waals surface area contributed by atoms with E-state index in [4.69, 9.17) is 14.2 Å². The first-order chi connectivity index (χ1) is 9.65. The van der Waals surface area contributed by atoms with Crippen molar-refractivity contribution in [3.8, 4) is 17.2 Å². The Hall–Kier alpha value is -1.42. The second kappa shape index (κ2) is 9.48. The van der Waals surface area contributed by atoms with E-state index in [0.717, 1.165) is 43.2 Å². The van der Waals surface area contributed by atoms with Gasteiger partial charge >= 0.3 is 0 Å². The van der Waals surface area contributed by atoms with Crippen LogP contribution in [0.4, 0.5) is 0 Å². The number of benzene rings is 1. The molecule has 114 valence electrons. The summed E-state index contributed by atoms with van der Waals surface area (Å²) in [4.78, 5) is 0. The molecule has 0 aromatic heterocycles. The minimum absolute atomic E-state index is 0.704. The highest BCUT2D eigenvalue weighted by atomic mass is 16.5. The normalized spacial score (nSPS) is 10.7. The summed E-state index contributed by atoms with van der Waals surface area (Å²) in [5, 5.41) is 3.42. The zero-order valence-corrected chi connectivity index (χ0v) is 13.1. The van der Waals surface area contributed by atoms with Crippen molar-refractivity contribution in [3.05, 3.63) is 18.2 Å². The molecule has 0 bridgehead atoms. The van der Waals surface area contributed by atoms with E-state index >= 15 is 0 Å². The number of rotatable bonds is 10. The van der Waals surface area contributed by atoms with Gasteiger partial charge in [-0.15, -0.1) is 0 Å². The van der Waals surface area contributed by atoms with Crippen LogP contribution in [-0.4, -0.2) is 33.9 Å². The average Bonchev–Trinajstić information content (AvgIpc) is 2.45. The lowest BCUT2D eigenvalue weighted by molar-refractivity contribution is 0.300. The summed E-state index contributed by atoms with van der Waals surface area (Å²) < 4.78 is 16.1. The molecule has 0 atom stereocenters. The van der Waals surface area contributed by atoms with Gasteiger partial charge in [0.25, 0.3) is 0 Å². The smallest absolute Gasteiger partial charge is 0.126 e. The molecule has 4 nitrogen and oxygen atoms in total.